The van der Waals surface area contributed by atoms with Crippen molar-refractivity contribution in [3.63, 3.8) is 0 Å². The van der Waals surface area contributed by atoms with Crippen molar-refractivity contribution in [1.29, 1.82) is 0 Å². The predicted molar refractivity (Wildman–Crippen MR) is 35.9 cm³/mol. The molecule has 0 saturated heterocycles. The summed E-state index contributed by atoms with van der Waals surface area (Å²) in [6, 6.07) is 0. The molecule has 0 aliphatic rings. The Morgan fingerprint density at radius 3 is 2.12 bits per heavy atom. The summed E-state index contributed by atoms with van der Waals surface area (Å²) in [4.78, 5) is 0. The van der Waals surface area contributed by atoms with E-state index in [-0.39, 0.29) is 5.60 Å². The van der Waals surface area contributed by atoms with E-state index in [1.807, 2.05) is 13.8 Å². The Balaban J connectivity index is 3.37. The van der Waals surface area contributed by atoms with Crippen molar-refractivity contribution in [3.05, 3.63) is 0 Å². The average molecular weight is 137 g/mol. The summed E-state index contributed by atoms with van der Waals surface area (Å²) in [5.74, 6) is 0. The van der Waals surface area contributed by atoms with Gasteiger partial charge in [0.2, 0.25) is 0 Å². The minimum Gasteiger partial charge on any atom is -0.273 e. The summed E-state index contributed by atoms with van der Waals surface area (Å²) in [5.41, 5.74) is -0.143. The van der Waals surface area contributed by atoms with Crippen LogP contribution in [0.5, 0.6) is 0 Å². The third-order valence-electron chi connectivity index (χ3n) is 1.06. The molecular formula is C6H13ClO. The normalized spacial score (nSPS) is 12.0. The number of hydrogen-bond acceptors (Lipinski definition) is 1. The topological polar surface area (TPSA) is 9.23 Å². The van der Waals surface area contributed by atoms with Crippen LogP contribution in [0.2, 0.25) is 0 Å². The molecule has 0 aromatic carbocycles. The highest BCUT2D eigenvalue weighted by Gasteiger charge is 2.15. The SMILES string of the molecule is CCCC(C)(C)OCl. The smallest absolute Gasteiger partial charge is 0.0841 e. The van der Waals surface area contributed by atoms with Crippen LogP contribution in [0, 0.1) is 0 Å². The lowest BCUT2D eigenvalue weighted by molar-refractivity contribution is 0.113. The lowest BCUT2D eigenvalue weighted by Crippen LogP contribution is -2.18. The predicted octanol–water partition coefficient (Wildman–Crippen LogP) is 2.74. The second kappa shape index (κ2) is 3.31. The van der Waals surface area contributed by atoms with E-state index in [9.17, 15) is 0 Å². The molecule has 0 aromatic heterocycles. The lowest BCUT2D eigenvalue weighted by Gasteiger charge is -2.18. The fourth-order valence-corrected chi connectivity index (χ4v) is 0.718. The van der Waals surface area contributed by atoms with Gasteiger partial charge in [-0.2, -0.15) is 0 Å². The Hall–Kier alpha value is 0.250. The monoisotopic (exact) mass is 136 g/mol. The summed E-state index contributed by atoms with van der Waals surface area (Å²) in [5, 5.41) is 0. The summed E-state index contributed by atoms with van der Waals surface area (Å²) in [6.45, 7) is 6.06. The van der Waals surface area contributed by atoms with Crippen molar-refractivity contribution in [2.45, 2.75) is 39.2 Å². The van der Waals surface area contributed by atoms with Gasteiger partial charge in [-0.3, -0.25) is 4.29 Å². The first-order chi connectivity index (χ1) is 3.62. The van der Waals surface area contributed by atoms with Gasteiger partial charge in [0, 0.05) is 0 Å². The molecule has 0 bridgehead atoms. The molecule has 0 amide bonds. The van der Waals surface area contributed by atoms with Crippen molar-refractivity contribution in [3.8, 4) is 0 Å². The minimum absolute atomic E-state index is 0.143. The molecule has 0 saturated carbocycles. The van der Waals surface area contributed by atoms with Gasteiger partial charge in [0.25, 0.3) is 0 Å². The molecule has 0 unspecified atom stereocenters. The van der Waals surface area contributed by atoms with Crippen LogP contribution in [-0.2, 0) is 4.29 Å². The van der Waals surface area contributed by atoms with Crippen molar-refractivity contribution in [2.24, 2.45) is 0 Å². The number of rotatable bonds is 3. The first-order valence-corrected chi connectivity index (χ1v) is 3.23. The highest BCUT2D eigenvalue weighted by molar-refractivity contribution is 6.07. The molecule has 50 valence electrons. The van der Waals surface area contributed by atoms with E-state index < -0.39 is 0 Å². The van der Waals surface area contributed by atoms with Gasteiger partial charge in [0.1, 0.15) is 0 Å². The Bertz CT molecular complexity index is 61.5. The Morgan fingerprint density at radius 1 is 1.50 bits per heavy atom. The van der Waals surface area contributed by atoms with Crippen LogP contribution < -0.4 is 0 Å². The van der Waals surface area contributed by atoms with E-state index in [4.69, 9.17) is 11.9 Å². The number of hydrogen-bond donors (Lipinski definition) is 0. The second-order valence-electron chi connectivity index (χ2n) is 2.59. The molecule has 0 rings (SSSR count). The van der Waals surface area contributed by atoms with Crippen LogP contribution in [-0.4, -0.2) is 5.60 Å². The van der Waals surface area contributed by atoms with Gasteiger partial charge in [-0.05, 0) is 20.3 Å². The van der Waals surface area contributed by atoms with Crippen LogP contribution in [0.15, 0.2) is 0 Å². The summed E-state index contributed by atoms with van der Waals surface area (Å²) in [7, 11) is 0. The van der Waals surface area contributed by atoms with E-state index in [1.165, 1.54) is 0 Å². The molecule has 0 radical (unpaired) electrons. The van der Waals surface area contributed by atoms with Gasteiger partial charge < -0.3 is 0 Å². The molecule has 2 heteroatoms. The molecule has 0 fully saturated rings. The maximum Gasteiger partial charge on any atom is 0.0841 e. The van der Waals surface area contributed by atoms with Crippen LogP contribution in [0.3, 0.4) is 0 Å². The van der Waals surface area contributed by atoms with Crippen molar-refractivity contribution in [1.82, 2.24) is 0 Å². The van der Waals surface area contributed by atoms with Gasteiger partial charge in [-0.15, -0.1) is 0 Å². The first kappa shape index (κ1) is 8.25. The summed E-state index contributed by atoms with van der Waals surface area (Å²) < 4.78 is 4.65. The molecule has 0 aliphatic heterocycles. The third kappa shape index (κ3) is 3.28. The summed E-state index contributed by atoms with van der Waals surface area (Å²) in [6.07, 6.45) is 2.12. The molecule has 0 spiro atoms. The molecule has 8 heavy (non-hydrogen) atoms. The highest BCUT2D eigenvalue weighted by Crippen LogP contribution is 2.17. The molecular weight excluding hydrogens is 124 g/mol. The van der Waals surface area contributed by atoms with Crippen LogP contribution in [0.1, 0.15) is 33.6 Å². The van der Waals surface area contributed by atoms with Gasteiger partial charge in [0.05, 0.1) is 17.5 Å². The van der Waals surface area contributed by atoms with Gasteiger partial charge in [0.15, 0.2) is 0 Å². The van der Waals surface area contributed by atoms with E-state index in [2.05, 4.69) is 11.2 Å². The van der Waals surface area contributed by atoms with Crippen molar-refractivity contribution in [2.75, 3.05) is 0 Å². The zero-order valence-electron chi connectivity index (χ0n) is 5.70. The zero-order chi connectivity index (χ0) is 6.62. The molecule has 0 N–H and O–H groups in total. The van der Waals surface area contributed by atoms with Gasteiger partial charge in [-0.25, -0.2) is 0 Å². The zero-order valence-corrected chi connectivity index (χ0v) is 6.46. The van der Waals surface area contributed by atoms with Gasteiger partial charge >= 0.3 is 0 Å². The highest BCUT2D eigenvalue weighted by atomic mass is 35.5. The summed E-state index contributed by atoms with van der Waals surface area (Å²) >= 11 is 5.17. The maximum atomic E-state index is 5.17. The third-order valence-corrected chi connectivity index (χ3v) is 1.48. The van der Waals surface area contributed by atoms with E-state index >= 15 is 0 Å². The van der Waals surface area contributed by atoms with Gasteiger partial charge in [-0.1, -0.05) is 13.3 Å². The van der Waals surface area contributed by atoms with Crippen LogP contribution in [0.4, 0.5) is 0 Å². The fourth-order valence-electron chi connectivity index (χ4n) is 0.641. The average Bonchev–Trinajstić information content (AvgIpc) is 1.67. The molecule has 0 aliphatic carbocycles. The molecule has 1 nitrogen and oxygen atoms in total. The number of halogens is 1. The Kier molecular flexibility index (Phi) is 3.41. The maximum absolute atomic E-state index is 5.17. The minimum atomic E-state index is -0.143. The Labute approximate surface area is 56.2 Å². The standard InChI is InChI=1S/C6H13ClO/c1-4-5-6(2,3)8-7/h4-5H2,1-3H3. The van der Waals surface area contributed by atoms with Crippen molar-refractivity contribution >= 4 is 11.9 Å². The lowest BCUT2D eigenvalue weighted by atomic mass is 10.0. The first-order valence-electron chi connectivity index (χ1n) is 2.92. The van der Waals surface area contributed by atoms with Crippen LogP contribution >= 0.6 is 11.9 Å². The Morgan fingerprint density at radius 2 is 2.00 bits per heavy atom. The van der Waals surface area contributed by atoms with E-state index in [1.54, 1.807) is 0 Å². The molecule has 0 heterocycles. The molecule has 0 atom stereocenters. The van der Waals surface area contributed by atoms with E-state index in [0.717, 1.165) is 12.8 Å². The van der Waals surface area contributed by atoms with Crippen LogP contribution in [0.25, 0.3) is 0 Å². The quantitative estimate of drug-likeness (QED) is 0.580. The molecule has 0 aromatic rings. The van der Waals surface area contributed by atoms with E-state index in [0.29, 0.717) is 0 Å². The largest absolute Gasteiger partial charge is 0.273 e. The fraction of sp³-hybridized carbons (Fsp3) is 1.00. The second-order valence-corrected chi connectivity index (χ2v) is 2.74. The van der Waals surface area contributed by atoms with Crippen molar-refractivity contribution < 1.29 is 4.29 Å².